The summed E-state index contributed by atoms with van der Waals surface area (Å²) in [7, 11) is -2.03. The van der Waals surface area contributed by atoms with Crippen molar-refractivity contribution in [3.8, 4) is 0 Å². The number of hydrogen-bond donors (Lipinski definition) is 2. The minimum Gasteiger partial charge on any atom is -0.410 e. The number of rotatable bonds is 5. The topological polar surface area (TPSA) is 66.8 Å². The summed E-state index contributed by atoms with van der Waals surface area (Å²) < 4.78 is 6.24. The quantitative estimate of drug-likeness (QED) is 0.762. The van der Waals surface area contributed by atoms with Crippen LogP contribution in [0.15, 0.2) is 0 Å². The van der Waals surface area contributed by atoms with Crippen LogP contribution in [0.1, 0.15) is 33.6 Å². The molecule has 0 aliphatic carbocycles. The summed E-state index contributed by atoms with van der Waals surface area (Å²) in [6.45, 7) is 10.3. The fourth-order valence-electron chi connectivity index (χ4n) is 1.80. The Bertz CT molecular complexity index is 327. The predicted octanol–water partition coefficient (Wildman–Crippen LogP) is 2.15. The number of aliphatic hydroxyl groups is 2. The van der Waals surface area contributed by atoms with Gasteiger partial charge in [0.25, 0.3) is 0 Å². The Morgan fingerprint density at radius 1 is 1.47 bits per heavy atom. The van der Waals surface area contributed by atoms with E-state index in [0.717, 1.165) is 6.42 Å². The van der Waals surface area contributed by atoms with Gasteiger partial charge in [0.2, 0.25) is 0 Å². The van der Waals surface area contributed by atoms with E-state index in [4.69, 9.17) is 4.43 Å². The van der Waals surface area contributed by atoms with Gasteiger partial charge in [-0.3, -0.25) is 4.79 Å². The second-order valence-electron chi connectivity index (χ2n) is 6.66. The minimum atomic E-state index is -2.03. The third kappa shape index (κ3) is 4.29. The first-order valence-corrected chi connectivity index (χ1v) is 10.5. The molecular formula is C13H26O4SSi. The van der Waals surface area contributed by atoms with Gasteiger partial charge in [-0.25, -0.2) is 0 Å². The molecule has 1 heterocycles. The lowest BCUT2D eigenvalue weighted by Crippen LogP contribution is -2.51. The molecule has 4 nitrogen and oxygen atoms in total. The van der Waals surface area contributed by atoms with E-state index in [9.17, 15) is 15.0 Å². The molecule has 1 saturated heterocycles. The van der Waals surface area contributed by atoms with Gasteiger partial charge in [-0.15, -0.1) is 0 Å². The molecule has 1 aliphatic heterocycles. The van der Waals surface area contributed by atoms with Crippen LogP contribution in [0.25, 0.3) is 0 Å². The first-order valence-electron chi connectivity index (χ1n) is 6.74. The minimum absolute atomic E-state index is 0.0354. The van der Waals surface area contributed by atoms with Crippen LogP contribution in [0.3, 0.4) is 0 Å². The molecule has 19 heavy (non-hydrogen) atoms. The van der Waals surface area contributed by atoms with Crippen molar-refractivity contribution < 1.29 is 19.4 Å². The Kier molecular flexibility index (Phi) is 5.66. The Morgan fingerprint density at radius 2 is 2.05 bits per heavy atom. The van der Waals surface area contributed by atoms with Crippen molar-refractivity contribution >= 4 is 25.2 Å². The third-order valence-corrected chi connectivity index (χ3v) is 9.83. The van der Waals surface area contributed by atoms with Crippen LogP contribution >= 0.6 is 11.8 Å². The lowest BCUT2D eigenvalue weighted by atomic mass is 10.1. The number of thioether (sulfide) groups is 1. The van der Waals surface area contributed by atoms with Gasteiger partial charge >= 0.3 is 0 Å². The summed E-state index contributed by atoms with van der Waals surface area (Å²) in [6.07, 6.45) is -0.120. The SMILES string of the molecule is CC(C)(C)[Si](C)(C)O[C@H]([C@H](O)CO)[C@H]1CCC(=O)S1. The predicted molar refractivity (Wildman–Crippen MR) is 80.8 cm³/mol. The van der Waals surface area contributed by atoms with Crippen molar-refractivity contribution in [2.45, 2.75) is 69.2 Å². The van der Waals surface area contributed by atoms with Crippen LogP contribution in [0.2, 0.25) is 18.1 Å². The van der Waals surface area contributed by atoms with E-state index >= 15 is 0 Å². The highest BCUT2D eigenvalue weighted by Crippen LogP contribution is 2.41. The van der Waals surface area contributed by atoms with Crippen molar-refractivity contribution in [1.82, 2.24) is 0 Å². The molecule has 0 aromatic carbocycles. The van der Waals surface area contributed by atoms with Crippen LogP contribution in [-0.4, -0.2) is 47.7 Å². The maximum absolute atomic E-state index is 11.4. The van der Waals surface area contributed by atoms with Gasteiger partial charge in [-0.2, -0.15) is 0 Å². The fraction of sp³-hybridized carbons (Fsp3) is 0.923. The van der Waals surface area contributed by atoms with Gasteiger partial charge in [0.05, 0.1) is 12.7 Å². The van der Waals surface area contributed by atoms with Crippen LogP contribution in [0.5, 0.6) is 0 Å². The summed E-state index contributed by atoms with van der Waals surface area (Å²) in [5, 5.41) is 19.4. The van der Waals surface area contributed by atoms with Crippen molar-refractivity contribution in [1.29, 1.82) is 0 Å². The number of hydrogen-bond acceptors (Lipinski definition) is 5. The Morgan fingerprint density at radius 3 is 2.42 bits per heavy atom. The average molecular weight is 306 g/mol. The van der Waals surface area contributed by atoms with Gasteiger partial charge < -0.3 is 14.6 Å². The third-order valence-electron chi connectivity index (χ3n) is 4.09. The average Bonchev–Trinajstić information content (AvgIpc) is 2.70. The molecule has 0 saturated carbocycles. The summed E-state index contributed by atoms with van der Waals surface area (Å²) in [5.41, 5.74) is 0. The highest BCUT2D eigenvalue weighted by molar-refractivity contribution is 8.14. The van der Waals surface area contributed by atoms with Crippen molar-refractivity contribution in [2.24, 2.45) is 0 Å². The highest BCUT2D eigenvalue weighted by atomic mass is 32.2. The van der Waals surface area contributed by atoms with E-state index in [0.29, 0.717) is 6.42 Å². The molecule has 6 heteroatoms. The number of aliphatic hydroxyl groups excluding tert-OH is 2. The monoisotopic (exact) mass is 306 g/mol. The molecule has 1 fully saturated rings. The first kappa shape index (κ1) is 17.2. The van der Waals surface area contributed by atoms with Crippen LogP contribution < -0.4 is 0 Å². The second kappa shape index (κ2) is 6.26. The fourth-order valence-corrected chi connectivity index (χ4v) is 4.44. The van der Waals surface area contributed by atoms with Crippen molar-refractivity contribution in [2.75, 3.05) is 6.61 Å². The molecule has 0 spiro atoms. The molecule has 0 bridgehead atoms. The van der Waals surface area contributed by atoms with Crippen LogP contribution in [0, 0.1) is 0 Å². The Labute approximate surface area is 121 Å². The molecule has 1 aliphatic rings. The largest absolute Gasteiger partial charge is 0.410 e. The molecule has 0 amide bonds. The van der Waals surface area contributed by atoms with Crippen LogP contribution in [-0.2, 0) is 9.22 Å². The van der Waals surface area contributed by atoms with Gasteiger partial charge in [0.1, 0.15) is 6.10 Å². The van der Waals surface area contributed by atoms with Crippen molar-refractivity contribution in [3.05, 3.63) is 0 Å². The standard InChI is InChI=1S/C13H26O4SSi/c1-13(2,3)19(4,5)17-12(9(15)8-14)10-6-7-11(16)18-10/h9-10,12,14-15H,6-8H2,1-5H3/t9-,10-,12-/m1/s1. The molecule has 0 aromatic rings. The van der Waals surface area contributed by atoms with Gasteiger partial charge in [-0.05, 0) is 24.6 Å². The summed E-state index contributed by atoms with van der Waals surface area (Å²) in [4.78, 5) is 11.4. The number of carbonyl (C=O) groups is 1. The van der Waals surface area contributed by atoms with E-state index < -0.39 is 20.5 Å². The molecular weight excluding hydrogens is 280 g/mol. The van der Waals surface area contributed by atoms with Crippen LogP contribution in [0.4, 0.5) is 0 Å². The highest BCUT2D eigenvalue weighted by Gasteiger charge is 2.44. The smallest absolute Gasteiger partial charge is 0.192 e. The first-order chi connectivity index (χ1) is 8.58. The molecule has 0 aromatic heterocycles. The van der Waals surface area contributed by atoms with E-state index in [1.165, 1.54) is 11.8 Å². The summed E-state index contributed by atoms with van der Waals surface area (Å²) >= 11 is 1.26. The van der Waals surface area contributed by atoms with Gasteiger partial charge in [0.15, 0.2) is 13.4 Å². The maximum atomic E-state index is 11.4. The molecule has 2 N–H and O–H groups in total. The van der Waals surface area contributed by atoms with Gasteiger partial charge in [0, 0.05) is 11.7 Å². The zero-order valence-electron chi connectivity index (χ0n) is 12.5. The zero-order valence-corrected chi connectivity index (χ0v) is 14.3. The molecule has 0 radical (unpaired) electrons. The molecule has 3 atom stereocenters. The number of carbonyl (C=O) groups excluding carboxylic acids is 1. The second-order valence-corrected chi connectivity index (χ2v) is 12.7. The maximum Gasteiger partial charge on any atom is 0.192 e. The normalized spacial score (nSPS) is 24.6. The van der Waals surface area contributed by atoms with E-state index in [1.807, 2.05) is 0 Å². The zero-order chi connectivity index (χ0) is 14.8. The lowest BCUT2D eigenvalue weighted by molar-refractivity contribution is -0.110. The summed E-state index contributed by atoms with van der Waals surface area (Å²) in [6, 6.07) is 0. The Hall–Kier alpha value is 0.117. The van der Waals surface area contributed by atoms with E-state index in [-0.39, 0.29) is 22.0 Å². The summed E-state index contributed by atoms with van der Waals surface area (Å²) in [5.74, 6) is 0. The van der Waals surface area contributed by atoms with Gasteiger partial charge in [-0.1, -0.05) is 32.5 Å². The molecule has 112 valence electrons. The lowest BCUT2D eigenvalue weighted by Gasteiger charge is -2.41. The molecule has 1 rings (SSSR count). The van der Waals surface area contributed by atoms with E-state index in [2.05, 4.69) is 33.9 Å². The molecule has 0 unspecified atom stereocenters. The van der Waals surface area contributed by atoms with E-state index in [1.54, 1.807) is 0 Å². The Balaban J connectivity index is 2.84. The van der Waals surface area contributed by atoms with Crippen molar-refractivity contribution in [3.63, 3.8) is 0 Å².